The number of piperidine rings is 1. The predicted molar refractivity (Wildman–Crippen MR) is 90.1 cm³/mol. The topological polar surface area (TPSA) is 79.0 Å². The smallest absolute Gasteiger partial charge is 0.262 e. The fourth-order valence-electron chi connectivity index (χ4n) is 3.14. The Labute approximate surface area is 142 Å². The molecule has 0 unspecified atom stereocenters. The first kappa shape index (κ1) is 17.3. The van der Waals surface area contributed by atoms with Gasteiger partial charge >= 0.3 is 0 Å². The van der Waals surface area contributed by atoms with E-state index in [4.69, 9.17) is 4.84 Å². The highest BCUT2D eigenvalue weighted by molar-refractivity contribution is 7.89. The first-order chi connectivity index (χ1) is 11.5. The number of sulfonamides is 1. The van der Waals surface area contributed by atoms with Crippen LogP contribution < -0.4 is 9.79 Å². The van der Waals surface area contributed by atoms with E-state index in [2.05, 4.69) is 9.79 Å². The molecule has 24 heavy (non-hydrogen) atoms. The van der Waals surface area contributed by atoms with Crippen molar-refractivity contribution in [2.75, 3.05) is 38.2 Å². The second kappa shape index (κ2) is 7.18. The molecule has 1 aromatic rings. The number of carbonyl (C=O) groups is 1. The Morgan fingerprint density at radius 2 is 1.96 bits per heavy atom. The summed E-state index contributed by atoms with van der Waals surface area (Å²) >= 11 is 0. The zero-order valence-electron chi connectivity index (χ0n) is 13.8. The number of hydrogen-bond donors (Lipinski definition) is 1. The highest BCUT2D eigenvalue weighted by atomic mass is 32.2. The lowest BCUT2D eigenvalue weighted by Crippen LogP contribution is -2.35. The van der Waals surface area contributed by atoms with E-state index < -0.39 is 10.0 Å². The van der Waals surface area contributed by atoms with Gasteiger partial charge in [-0.1, -0.05) is 11.3 Å². The molecule has 0 atom stereocenters. The SMILES string of the molecule is CN1C(=O)Cc2cc(S(=O)(=O)NOCCN3CCCCC3)ccc21. The third-order valence-electron chi connectivity index (χ3n) is 4.57. The van der Waals surface area contributed by atoms with Gasteiger partial charge < -0.3 is 9.80 Å². The number of likely N-dealkylation sites (N-methyl/N-ethyl adjacent to an activating group) is 1. The number of fused-ring (bicyclic) bond motifs is 1. The molecular weight excluding hydrogens is 330 g/mol. The molecule has 0 saturated carbocycles. The first-order valence-electron chi connectivity index (χ1n) is 8.23. The number of nitrogens with one attached hydrogen (secondary N) is 1. The average molecular weight is 353 g/mol. The van der Waals surface area contributed by atoms with E-state index in [0.29, 0.717) is 13.2 Å². The fourth-order valence-corrected chi connectivity index (χ4v) is 4.02. The Balaban J connectivity index is 1.56. The minimum absolute atomic E-state index is 0.0368. The number of hydrogen-bond acceptors (Lipinski definition) is 5. The van der Waals surface area contributed by atoms with Gasteiger partial charge in [-0.3, -0.25) is 9.63 Å². The standard InChI is InChI=1S/C16H23N3O4S/c1-18-15-6-5-14(11-13(15)12-16(18)20)24(21,22)17-23-10-9-19-7-3-2-4-8-19/h5-6,11,17H,2-4,7-10,12H2,1H3. The molecule has 2 aliphatic heterocycles. The minimum Gasteiger partial charge on any atom is -0.315 e. The Morgan fingerprint density at radius 1 is 1.21 bits per heavy atom. The summed E-state index contributed by atoms with van der Waals surface area (Å²) < 4.78 is 24.6. The van der Waals surface area contributed by atoms with Gasteiger partial charge in [-0.15, -0.1) is 0 Å². The van der Waals surface area contributed by atoms with Crippen LogP contribution in [0.5, 0.6) is 0 Å². The molecule has 1 saturated heterocycles. The first-order valence-corrected chi connectivity index (χ1v) is 9.71. The number of rotatable bonds is 6. The summed E-state index contributed by atoms with van der Waals surface area (Å²) in [6.45, 7) is 3.11. The second-order valence-electron chi connectivity index (χ2n) is 6.26. The zero-order chi connectivity index (χ0) is 17.2. The van der Waals surface area contributed by atoms with Gasteiger partial charge in [0.05, 0.1) is 17.9 Å². The van der Waals surface area contributed by atoms with E-state index >= 15 is 0 Å². The molecule has 1 amide bonds. The number of amides is 1. The molecule has 132 valence electrons. The van der Waals surface area contributed by atoms with E-state index in [1.165, 1.54) is 36.3 Å². The van der Waals surface area contributed by atoms with Crippen LogP contribution in [-0.2, 0) is 26.1 Å². The van der Waals surface area contributed by atoms with Crippen LogP contribution in [0.25, 0.3) is 0 Å². The maximum Gasteiger partial charge on any atom is 0.262 e. The van der Waals surface area contributed by atoms with Crippen molar-refractivity contribution in [2.24, 2.45) is 0 Å². The van der Waals surface area contributed by atoms with Gasteiger partial charge in [0.25, 0.3) is 10.0 Å². The average Bonchev–Trinajstić information content (AvgIpc) is 2.87. The summed E-state index contributed by atoms with van der Waals surface area (Å²) in [5.41, 5.74) is 1.48. The fraction of sp³-hybridized carbons (Fsp3) is 0.562. The molecule has 0 bridgehead atoms. The van der Waals surface area contributed by atoms with Crippen LogP contribution in [0, 0.1) is 0 Å². The van der Waals surface area contributed by atoms with Gasteiger partial charge in [0.2, 0.25) is 5.91 Å². The van der Waals surface area contributed by atoms with E-state index in [1.807, 2.05) is 0 Å². The molecular formula is C16H23N3O4S. The zero-order valence-corrected chi connectivity index (χ0v) is 14.6. The Hall–Kier alpha value is -1.48. The van der Waals surface area contributed by atoms with Gasteiger partial charge in [-0.05, 0) is 49.7 Å². The molecule has 7 nitrogen and oxygen atoms in total. The van der Waals surface area contributed by atoms with Crippen LogP contribution in [0.15, 0.2) is 23.1 Å². The van der Waals surface area contributed by atoms with Gasteiger partial charge in [-0.2, -0.15) is 0 Å². The van der Waals surface area contributed by atoms with Crippen LogP contribution in [0.4, 0.5) is 5.69 Å². The lowest BCUT2D eigenvalue weighted by Gasteiger charge is -2.25. The third kappa shape index (κ3) is 3.77. The lowest BCUT2D eigenvalue weighted by molar-refractivity contribution is -0.117. The predicted octanol–water partition coefficient (Wildman–Crippen LogP) is 0.901. The van der Waals surface area contributed by atoms with Crippen molar-refractivity contribution < 1.29 is 18.0 Å². The number of anilines is 1. The summed E-state index contributed by atoms with van der Waals surface area (Å²) in [5, 5.41) is 0. The summed E-state index contributed by atoms with van der Waals surface area (Å²) in [5.74, 6) is -0.0368. The van der Waals surface area contributed by atoms with Crippen LogP contribution in [0.3, 0.4) is 0 Å². The van der Waals surface area contributed by atoms with Crippen molar-refractivity contribution in [1.82, 2.24) is 9.79 Å². The highest BCUT2D eigenvalue weighted by Gasteiger charge is 2.26. The number of benzene rings is 1. The lowest BCUT2D eigenvalue weighted by atomic mass is 10.1. The highest BCUT2D eigenvalue weighted by Crippen LogP contribution is 2.29. The summed E-state index contributed by atoms with van der Waals surface area (Å²) in [7, 11) is -2.06. The molecule has 1 aromatic carbocycles. The van der Waals surface area contributed by atoms with E-state index in [-0.39, 0.29) is 17.2 Å². The largest absolute Gasteiger partial charge is 0.315 e. The maximum absolute atomic E-state index is 12.3. The minimum atomic E-state index is -3.74. The monoisotopic (exact) mass is 353 g/mol. The van der Waals surface area contributed by atoms with Crippen LogP contribution in [0.1, 0.15) is 24.8 Å². The van der Waals surface area contributed by atoms with E-state index in [0.717, 1.165) is 24.3 Å². The molecule has 1 fully saturated rings. The Kier molecular flexibility index (Phi) is 5.19. The van der Waals surface area contributed by atoms with E-state index in [1.54, 1.807) is 13.1 Å². The molecule has 8 heteroatoms. The van der Waals surface area contributed by atoms with Gasteiger partial charge in [0, 0.05) is 19.3 Å². The Bertz CT molecular complexity index is 714. The second-order valence-corrected chi connectivity index (χ2v) is 7.90. The summed E-state index contributed by atoms with van der Waals surface area (Å²) in [4.78, 5) is 22.9. The van der Waals surface area contributed by atoms with Crippen molar-refractivity contribution >= 4 is 21.6 Å². The van der Waals surface area contributed by atoms with Crippen molar-refractivity contribution in [2.45, 2.75) is 30.6 Å². The van der Waals surface area contributed by atoms with Gasteiger partial charge in [0.1, 0.15) is 0 Å². The summed E-state index contributed by atoms with van der Waals surface area (Å²) in [6.07, 6.45) is 3.87. The number of likely N-dealkylation sites (tertiary alicyclic amines) is 1. The molecule has 0 aliphatic carbocycles. The summed E-state index contributed by atoms with van der Waals surface area (Å²) in [6, 6.07) is 4.68. The van der Waals surface area contributed by atoms with Gasteiger partial charge in [-0.25, -0.2) is 8.42 Å². The van der Waals surface area contributed by atoms with Crippen LogP contribution >= 0.6 is 0 Å². The molecule has 0 spiro atoms. The molecule has 2 aliphatic rings. The van der Waals surface area contributed by atoms with Crippen molar-refractivity contribution in [3.05, 3.63) is 23.8 Å². The normalized spacial score (nSPS) is 18.9. The molecule has 3 rings (SSSR count). The van der Waals surface area contributed by atoms with Gasteiger partial charge in [0.15, 0.2) is 0 Å². The number of carbonyl (C=O) groups excluding carboxylic acids is 1. The quantitative estimate of drug-likeness (QED) is 0.607. The van der Waals surface area contributed by atoms with Crippen LogP contribution in [-0.4, -0.2) is 52.5 Å². The van der Waals surface area contributed by atoms with E-state index in [9.17, 15) is 13.2 Å². The molecule has 0 radical (unpaired) electrons. The van der Waals surface area contributed by atoms with Crippen LogP contribution in [0.2, 0.25) is 0 Å². The maximum atomic E-state index is 12.3. The molecule has 0 aromatic heterocycles. The molecule has 2 heterocycles. The molecule has 1 N–H and O–H groups in total. The number of nitrogens with zero attached hydrogens (tertiary/aromatic N) is 2. The Morgan fingerprint density at radius 3 is 2.71 bits per heavy atom. The van der Waals surface area contributed by atoms with Crippen molar-refractivity contribution in [3.8, 4) is 0 Å². The third-order valence-corrected chi connectivity index (χ3v) is 5.78. The van der Waals surface area contributed by atoms with Crippen molar-refractivity contribution in [3.63, 3.8) is 0 Å². The van der Waals surface area contributed by atoms with Crippen molar-refractivity contribution in [1.29, 1.82) is 0 Å².